The number of hydrogen-bond acceptors (Lipinski definition) is 2. The maximum absolute atomic E-state index is 4.33. The van der Waals surface area contributed by atoms with Gasteiger partial charge in [-0.1, -0.05) is 18.2 Å². The van der Waals surface area contributed by atoms with Gasteiger partial charge < -0.3 is 5.32 Å². The zero-order valence-electron chi connectivity index (χ0n) is 10.0. The van der Waals surface area contributed by atoms with Crippen molar-refractivity contribution in [2.75, 3.05) is 7.05 Å². The van der Waals surface area contributed by atoms with Gasteiger partial charge in [0.25, 0.3) is 0 Å². The normalized spacial score (nSPS) is 12.6. The highest BCUT2D eigenvalue weighted by Crippen LogP contribution is 2.25. The van der Waals surface area contributed by atoms with Gasteiger partial charge in [0.05, 0.1) is 12.2 Å². The lowest BCUT2D eigenvalue weighted by Gasteiger charge is -2.16. The molecular weight excluding hydrogens is 325 g/mol. The predicted molar refractivity (Wildman–Crippen MR) is 78.0 cm³/mol. The summed E-state index contributed by atoms with van der Waals surface area (Å²) in [6.45, 7) is 3.00. The molecule has 1 unspecified atom stereocenters. The number of halogens is 1. The molecule has 17 heavy (non-hydrogen) atoms. The molecule has 0 spiro atoms. The largest absolute Gasteiger partial charge is 0.309 e. The predicted octanol–water partition coefficient (Wildman–Crippen LogP) is 2.82. The summed E-state index contributed by atoms with van der Waals surface area (Å²) in [6, 6.07) is 8.64. The van der Waals surface area contributed by atoms with Crippen LogP contribution in [0.25, 0.3) is 0 Å². The first-order chi connectivity index (χ1) is 8.26. The summed E-state index contributed by atoms with van der Waals surface area (Å²) in [5, 5.41) is 7.69. The van der Waals surface area contributed by atoms with Gasteiger partial charge in [0.2, 0.25) is 0 Å². The Bertz CT molecular complexity index is 493. The highest BCUT2D eigenvalue weighted by atomic mass is 127. The maximum atomic E-state index is 4.33. The number of nitrogens with one attached hydrogen (secondary N) is 1. The van der Waals surface area contributed by atoms with Crippen molar-refractivity contribution in [3.8, 4) is 0 Å². The summed E-state index contributed by atoms with van der Waals surface area (Å²) < 4.78 is 3.23. The molecule has 0 fully saturated rings. The molecule has 0 saturated heterocycles. The molecular formula is C13H16IN3. The van der Waals surface area contributed by atoms with Crippen molar-refractivity contribution in [2.24, 2.45) is 0 Å². The molecule has 1 heterocycles. The van der Waals surface area contributed by atoms with Crippen LogP contribution in [-0.2, 0) is 6.54 Å². The molecule has 2 aromatic rings. The van der Waals surface area contributed by atoms with Gasteiger partial charge in [-0.3, -0.25) is 4.68 Å². The van der Waals surface area contributed by atoms with Crippen LogP contribution in [0.2, 0.25) is 0 Å². The van der Waals surface area contributed by atoms with Gasteiger partial charge >= 0.3 is 0 Å². The van der Waals surface area contributed by atoms with Crippen LogP contribution in [-0.4, -0.2) is 16.8 Å². The Balaban J connectivity index is 2.36. The molecule has 1 aromatic carbocycles. The van der Waals surface area contributed by atoms with Crippen LogP contribution < -0.4 is 5.32 Å². The second-order valence-electron chi connectivity index (χ2n) is 3.87. The Kier molecular flexibility index (Phi) is 4.17. The smallest absolute Gasteiger partial charge is 0.0615 e. The minimum absolute atomic E-state index is 0.211. The fourth-order valence-electron chi connectivity index (χ4n) is 1.91. The van der Waals surface area contributed by atoms with Crippen molar-refractivity contribution in [1.82, 2.24) is 15.1 Å². The zero-order valence-corrected chi connectivity index (χ0v) is 12.2. The summed E-state index contributed by atoms with van der Waals surface area (Å²) >= 11 is 2.37. The molecule has 1 aromatic heterocycles. The van der Waals surface area contributed by atoms with Crippen molar-refractivity contribution in [3.63, 3.8) is 0 Å². The van der Waals surface area contributed by atoms with E-state index in [4.69, 9.17) is 0 Å². The van der Waals surface area contributed by atoms with Crippen molar-refractivity contribution >= 4 is 22.6 Å². The Morgan fingerprint density at radius 3 is 2.76 bits per heavy atom. The Morgan fingerprint density at radius 1 is 1.41 bits per heavy atom. The lowest BCUT2D eigenvalue weighted by Crippen LogP contribution is -2.18. The molecule has 1 atom stereocenters. The molecule has 0 bridgehead atoms. The number of hydrogen-bond donors (Lipinski definition) is 1. The molecule has 90 valence electrons. The molecule has 0 saturated carbocycles. The van der Waals surface area contributed by atoms with Gasteiger partial charge in [0.15, 0.2) is 0 Å². The number of aryl methyl sites for hydroxylation is 1. The Morgan fingerprint density at radius 2 is 2.18 bits per heavy atom. The van der Waals surface area contributed by atoms with E-state index >= 15 is 0 Å². The summed E-state index contributed by atoms with van der Waals surface area (Å²) in [6.07, 6.45) is 4.04. The third-order valence-corrected chi connectivity index (χ3v) is 3.80. The van der Waals surface area contributed by atoms with Gasteiger partial charge in [-0.25, -0.2) is 0 Å². The van der Waals surface area contributed by atoms with Crippen molar-refractivity contribution < 1.29 is 0 Å². The van der Waals surface area contributed by atoms with Crippen molar-refractivity contribution in [3.05, 3.63) is 51.4 Å². The Hall–Kier alpha value is -0.880. The first kappa shape index (κ1) is 12.6. The number of aromatic nitrogens is 2. The highest BCUT2D eigenvalue weighted by molar-refractivity contribution is 14.1. The number of benzene rings is 1. The highest BCUT2D eigenvalue weighted by Gasteiger charge is 2.15. The number of nitrogens with zero attached hydrogens (tertiary/aromatic N) is 2. The summed E-state index contributed by atoms with van der Waals surface area (Å²) in [5.41, 5.74) is 2.50. The van der Waals surface area contributed by atoms with Gasteiger partial charge in [-0.2, -0.15) is 5.10 Å². The lowest BCUT2D eigenvalue weighted by atomic mass is 10.0. The number of rotatable bonds is 4. The molecule has 0 aliphatic rings. The molecule has 4 heteroatoms. The van der Waals surface area contributed by atoms with Crippen LogP contribution in [0.15, 0.2) is 36.7 Å². The van der Waals surface area contributed by atoms with Gasteiger partial charge in [0.1, 0.15) is 0 Å². The molecule has 3 nitrogen and oxygen atoms in total. The van der Waals surface area contributed by atoms with E-state index in [9.17, 15) is 0 Å². The van der Waals surface area contributed by atoms with E-state index in [1.165, 1.54) is 14.7 Å². The average molecular weight is 341 g/mol. The monoisotopic (exact) mass is 341 g/mol. The van der Waals surface area contributed by atoms with E-state index in [0.717, 1.165) is 6.54 Å². The Labute approximate surface area is 115 Å². The second kappa shape index (κ2) is 5.64. The zero-order chi connectivity index (χ0) is 12.3. The van der Waals surface area contributed by atoms with E-state index in [2.05, 4.69) is 70.4 Å². The standard InChI is InChI=1S/C13H16IN3/c1-3-17-9-10(8-16-17)13(15-2)11-6-4-5-7-12(11)14/h4-9,13,15H,3H2,1-2H3. The van der Waals surface area contributed by atoms with Crippen LogP contribution in [0.4, 0.5) is 0 Å². The van der Waals surface area contributed by atoms with E-state index < -0.39 is 0 Å². The molecule has 2 rings (SSSR count). The van der Waals surface area contributed by atoms with Crippen LogP contribution in [0.5, 0.6) is 0 Å². The maximum Gasteiger partial charge on any atom is 0.0615 e. The first-order valence-corrected chi connectivity index (χ1v) is 6.78. The quantitative estimate of drug-likeness (QED) is 0.867. The SMILES string of the molecule is CCn1cc(C(NC)c2ccccc2I)cn1. The van der Waals surface area contributed by atoms with E-state index in [-0.39, 0.29) is 6.04 Å². The topological polar surface area (TPSA) is 29.9 Å². The first-order valence-electron chi connectivity index (χ1n) is 5.70. The van der Waals surface area contributed by atoms with Crippen molar-refractivity contribution in [2.45, 2.75) is 19.5 Å². The van der Waals surface area contributed by atoms with Crippen LogP contribution in [0.1, 0.15) is 24.1 Å². The third-order valence-electron chi connectivity index (χ3n) is 2.82. The minimum Gasteiger partial charge on any atom is -0.309 e. The molecule has 0 radical (unpaired) electrons. The van der Waals surface area contributed by atoms with Crippen molar-refractivity contribution in [1.29, 1.82) is 0 Å². The summed E-state index contributed by atoms with van der Waals surface area (Å²) in [7, 11) is 1.98. The van der Waals surface area contributed by atoms with Gasteiger partial charge in [-0.05, 0) is 48.2 Å². The minimum atomic E-state index is 0.211. The summed E-state index contributed by atoms with van der Waals surface area (Å²) in [5.74, 6) is 0. The molecule has 1 N–H and O–H groups in total. The average Bonchev–Trinajstić information content (AvgIpc) is 2.81. The summed E-state index contributed by atoms with van der Waals surface area (Å²) in [4.78, 5) is 0. The fourth-order valence-corrected chi connectivity index (χ4v) is 2.61. The molecule has 0 aliphatic heterocycles. The lowest BCUT2D eigenvalue weighted by molar-refractivity contribution is 0.653. The van der Waals surface area contributed by atoms with E-state index in [1.807, 2.05) is 17.9 Å². The van der Waals surface area contributed by atoms with Crippen LogP contribution in [0.3, 0.4) is 0 Å². The van der Waals surface area contributed by atoms with E-state index in [1.54, 1.807) is 0 Å². The fraction of sp³-hybridized carbons (Fsp3) is 0.308. The van der Waals surface area contributed by atoms with E-state index in [0.29, 0.717) is 0 Å². The van der Waals surface area contributed by atoms with Gasteiger partial charge in [0, 0.05) is 21.9 Å². The second-order valence-corrected chi connectivity index (χ2v) is 5.03. The van der Waals surface area contributed by atoms with Gasteiger partial charge in [-0.15, -0.1) is 0 Å². The molecule has 0 aliphatic carbocycles. The molecule has 0 amide bonds. The third kappa shape index (κ3) is 2.69. The van der Waals surface area contributed by atoms with Crippen LogP contribution >= 0.6 is 22.6 Å². The van der Waals surface area contributed by atoms with Crippen LogP contribution in [0, 0.1) is 3.57 Å².